The van der Waals surface area contributed by atoms with Crippen LogP contribution in [0.3, 0.4) is 0 Å². The molecule has 0 radical (unpaired) electrons. The molecule has 0 aromatic carbocycles. The summed E-state index contributed by atoms with van der Waals surface area (Å²) < 4.78 is 2.20. The van der Waals surface area contributed by atoms with Crippen LogP contribution in [-0.4, -0.2) is 42.1 Å². The molecule has 108 valence electrons. The van der Waals surface area contributed by atoms with Crippen molar-refractivity contribution in [2.24, 2.45) is 0 Å². The topological polar surface area (TPSA) is 75.5 Å². The van der Waals surface area contributed by atoms with E-state index in [-0.39, 0.29) is 0 Å². The number of imidazole rings is 2. The van der Waals surface area contributed by atoms with Crippen molar-refractivity contribution in [2.45, 2.75) is 32.4 Å². The molecule has 1 fully saturated rings. The Balaban J connectivity index is 1.67. The lowest BCUT2D eigenvalue weighted by Gasteiger charge is -2.26. The number of aromatic amines is 1. The summed E-state index contributed by atoms with van der Waals surface area (Å²) in [5.41, 5.74) is 1.65. The molecule has 3 aromatic heterocycles. The average molecular weight is 283 g/mol. The molecular weight excluding hydrogens is 266 g/mol. The van der Waals surface area contributed by atoms with Crippen molar-refractivity contribution in [3.05, 3.63) is 30.9 Å². The Bertz CT molecular complexity index is 759. The van der Waals surface area contributed by atoms with Crippen molar-refractivity contribution < 1.29 is 0 Å². The maximum atomic E-state index is 4.48. The summed E-state index contributed by atoms with van der Waals surface area (Å²) in [5, 5.41) is 0. The third-order valence-corrected chi connectivity index (χ3v) is 4.18. The summed E-state index contributed by atoms with van der Waals surface area (Å²) in [4.78, 5) is 22.7. The minimum atomic E-state index is 0.430. The van der Waals surface area contributed by atoms with Crippen LogP contribution < -0.4 is 4.90 Å². The van der Waals surface area contributed by atoms with Crippen LogP contribution in [0.15, 0.2) is 25.0 Å². The van der Waals surface area contributed by atoms with Gasteiger partial charge in [-0.1, -0.05) is 0 Å². The molecule has 7 nitrogen and oxygen atoms in total. The largest absolute Gasteiger partial charge is 0.350 e. The van der Waals surface area contributed by atoms with Crippen molar-refractivity contribution in [2.75, 3.05) is 11.4 Å². The third kappa shape index (κ3) is 2.05. The van der Waals surface area contributed by atoms with E-state index < -0.39 is 0 Å². The lowest BCUT2D eigenvalue weighted by molar-refractivity contribution is 0.538. The van der Waals surface area contributed by atoms with Crippen LogP contribution in [0.25, 0.3) is 11.2 Å². The Morgan fingerprint density at radius 3 is 3.10 bits per heavy atom. The summed E-state index contributed by atoms with van der Waals surface area (Å²) in [7, 11) is 0. The van der Waals surface area contributed by atoms with Crippen molar-refractivity contribution in [1.29, 1.82) is 0 Å². The Labute approximate surface area is 122 Å². The summed E-state index contributed by atoms with van der Waals surface area (Å²) in [6, 6.07) is 0.430. The summed E-state index contributed by atoms with van der Waals surface area (Å²) in [6.45, 7) is 3.99. The molecule has 0 spiro atoms. The first kappa shape index (κ1) is 12.3. The van der Waals surface area contributed by atoms with E-state index in [0.717, 1.165) is 42.3 Å². The Hall–Kier alpha value is -2.44. The van der Waals surface area contributed by atoms with Crippen molar-refractivity contribution in [3.63, 3.8) is 0 Å². The fraction of sp³-hybridized carbons (Fsp3) is 0.429. The zero-order valence-corrected chi connectivity index (χ0v) is 11.9. The number of rotatable bonds is 3. The molecule has 1 aliphatic heterocycles. The van der Waals surface area contributed by atoms with Crippen molar-refractivity contribution in [1.82, 2.24) is 29.5 Å². The molecule has 0 amide bonds. The number of hydrogen-bond acceptors (Lipinski definition) is 5. The lowest BCUT2D eigenvalue weighted by atomic mass is 10.2. The first-order chi connectivity index (χ1) is 10.3. The number of hydrogen-bond donors (Lipinski definition) is 1. The summed E-state index contributed by atoms with van der Waals surface area (Å²) in [6.07, 6.45) is 9.50. The minimum absolute atomic E-state index is 0.430. The van der Waals surface area contributed by atoms with E-state index in [1.807, 2.05) is 19.3 Å². The molecule has 4 heterocycles. The van der Waals surface area contributed by atoms with Gasteiger partial charge in [-0.3, -0.25) is 0 Å². The normalized spacial score (nSPS) is 18.7. The van der Waals surface area contributed by atoms with Gasteiger partial charge in [-0.2, -0.15) is 0 Å². The number of nitrogens with zero attached hydrogens (tertiary/aromatic N) is 6. The maximum absolute atomic E-state index is 4.48. The smallest absolute Gasteiger partial charge is 0.182 e. The van der Waals surface area contributed by atoms with Crippen LogP contribution in [0.4, 0.5) is 5.82 Å². The molecule has 1 N–H and O–H groups in total. The first-order valence-electron chi connectivity index (χ1n) is 7.21. The van der Waals surface area contributed by atoms with Crippen molar-refractivity contribution >= 4 is 17.0 Å². The van der Waals surface area contributed by atoms with Gasteiger partial charge in [0.1, 0.15) is 17.7 Å². The quantitative estimate of drug-likeness (QED) is 0.789. The van der Waals surface area contributed by atoms with E-state index in [2.05, 4.69) is 34.4 Å². The van der Waals surface area contributed by atoms with Gasteiger partial charge in [0.2, 0.25) is 0 Å². The minimum Gasteiger partial charge on any atom is -0.350 e. The Morgan fingerprint density at radius 2 is 2.24 bits per heavy atom. The van der Waals surface area contributed by atoms with Crippen LogP contribution >= 0.6 is 0 Å². The van der Waals surface area contributed by atoms with E-state index in [0.29, 0.717) is 6.04 Å². The van der Waals surface area contributed by atoms with Gasteiger partial charge in [-0.05, 0) is 19.8 Å². The van der Waals surface area contributed by atoms with Crippen LogP contribution in [0.1, 0.15) is 18.7 Å². The standard InChI is InChI=1S/C14H17N7/c1-10-15-4-6-20(10)7-11-3-2-5-21(11)14-12-13(17-8-16-12)18-9-19-14/h4,6,8-9,11H,2-3,5,7H2,1H3,(H,16,17,18,19)/t11-/m1/s1. The van der Waals surface area contributed by atoms with E-state index in [9.17, 15) is 0 Å². The van der Waals surface area contributed by atoms with Crippen LogP contribution in [0.5, 0.6) is 0 Å². The van der Waals surface area contributed by atoms with E-state index >= 15 is 0 Å². The van der Waals surface area contributed by atoms with Gasteiger partial charge < -0.3 is 14.5 Å². The van der Waals surface area contributed by atoms with Gasteiger partial charge in [0.15, 0.2) is 11.5 Å². The molecule has 3 aromatic rings. The Kier molecular flexibility index (Phi) is 2.83. The van der Waals surface area contributed by atoms with E-state index in [1.54, 1.807) is 12.7 Å². The fourth-order valence-corrected chi connectivity index (χ4v) is 3.10. The number of aromatic nitrogens is 6. The van der Waals surface area contributed by atoms with Gasteiger partial charge in [-0.15, -0.1) is 0 Å². The van der Waals surface area contributed by atoms with Gasteiger partial charge in [0, 0.05) is 31.5 Å². The highest BCUT2D eigenvalue weighted by molar-refractivity contribution is 5.82. The highest BCUT2D eigenvalue weighted by Gasteiger charge is 2.28. The molecular formula is C14H17N7. The second-order valence-electron chi connectivity index (χ2n) is 5.41. The summed E-state index contributed by atoms with van der Waals surface area (Å²) >= 11 is 0. The van der Waals surface area contributed by atoms with E-state index in [4.69, 9.17) is 0 Å². The first-order valence-corrected chi connectivity index (χ1v) is 7.21. The molecule has 1 atom stereocenters. The summed E-state index contributed by atoms with van der Waals surface area (Å²) in [5.74, 6) is 2.01. The van der Waals surface area contributed by atoms with Crippen LogP contribution in [-0.2, 0) is 6.54 Å². The predicted molar refractivity (Wildman–Crippen MR) is 79.0 cm³/mol. The third-order valence-electron chi connectivity index (χ3n) is 4.18. The molecule has 21 heavy (non-hydrogen) atoms. The second-order valence-corrected chi connectivity index (χ2v) is 5.41. The highest BCUT2D eigenvalue weighted by atomic mass is 15.3. The molecule has 0 unspecified atom stereocenters. The second kappa shape index (κ2) is 4.83. The number of nitrogens with one attached hydrogen (secondary N) is 1. The van der Waals surface area contributed by atoms with Crippen molar-refractivity contribution in [3.8, 4) is 0 Å². The number of anilines is 1. The van der Waals surface area contributed by atoms with Crippen LogP contribution in [0.2, 0.25) is 0 Å². The highest BCUT2D eigenvalue weighted by Crippen LogP contribution is 2.28. The average Bonchev–Trinajstić information content (AvgIpc) is 3.21. The molecule has 4 rings (SSSR count). The molecule has 1 saturated heterocycles. The number of fused-ring (bicyclic) bond motifs is 1. The van der Waals surface area contributed by atoms with Crippen LogP contribution in [0, 0.1) is 6.92 Å². The number of aryl methyl sites for hydroxylation is 1. The fourth-order valence-electron chi connectivity index (χ4n) is 3.10. The molecule has 1 aliphatic rings. The van der Waals surface area contributed by atoms with E-state index in [1.165, 1.54) is 6.42 Å². The molecule has 0 saturated carbocycles. The monoisotopic (exact) mass is 283 g/mol. The van der Waals surface area contributed by atoms with Gasteiger partial charge in [0.05, 0.1) is 6.33 Å². The molecule has 0 bridgehead atoms. The maximum Gasteiger partial charge on any atom is 0.182 e. The number of H-pyrrole nitrogens is 1. The molecule has 7 heteroatoms. The Morgan fingerprint density at radius 1 is 1.29 bits per heavy atom. The zero-order chi connectivity index (χ0) is 14.2. The predicted octanol–water partition coefficient (Wildman–Crippen LogP) is 1.53. The molecule has 0 aliphatic carbocycles. The van der Waals surface area contributed by atoms with Gasteiger partial charge in [-0.25, -0.2) is 19.9 Å². The van der Waals surface area contributed by atoms with Gasteiger partial charge in [0.25, 0.3) is 0 Å². The lowest BCUT2D eigenvalue weighted by Crippen LogP contribution is -2.34. The zero-order valence-electron chi connectivity index (χ0n) is 11.9. The van der Waals surface area contributed by atoms with Gasteiger partial charge >= 0.3 is 0 Å². The SMILES string of the molecule is Cc1nccn1C[C@H]1CCCN1c1ncnc2nc[nH]c12.